The number of aromatic nitrogens is 2. The van der Waals surface area contributed by atoms with Crippen LogP contribution in [0.5, 0.6) is 0 Å². The second-order valence-corrected chi connectivity index (χ2v) is 6.13. The lowest BCUT2D eigenvalue weighted by molar-refractivity contribution is 0.0896. The zero-order chi connectivity index (χ0) is 17.9. The van der Waals surface area contributed by atoms with Crippen molar-refractivity contribution >= 4 is 5.91 Å². The number of rotatable bonds is 5. The number of hydrogen-bond acceptors (Lipinski definition) is 2. The molecule has 0 aliphatic carbocycles. The van der Waals surface area contributed by atoms with Gasteiger partial charge >= 0.3 is 0 Å². The van der Waals surface area contributed by atoms with E-state index in [1.807, 2.05) is 44.2 Å². The van der Waals surface area contributed by atoms with Crippen LogP contribution in [0.1, 0.15) is 36.3 Å². The van der Waals surface area contributed by atoms with Crippen LogP contribution in [0.15, 0.2) is 66.9 Å². The number of carbonyl (C=O) groups is 1. The van der Waals surface area contributed by atoms with Gasteiger partial charge in [0.1, 0.15) is 5.82 Å². The van der Waals surface area contributed by atoms with Crippen molar-refractivity contribution in [3.8, 4) is 5.69 Å². The van der Waals surface area contributed by atoms with Crippen molar-refractivity contribution in [1.29, 1.82) is 0 Å². The average Bonchev–Trinajstić information content (AvgIpc) is 3.13. The molecule has 5 heteroatoms. The SMILES string of the molecule is CCC(C)(NC(=O)c1ccn(-c2ccc(F)cc2)n1)c1ccccc1. The molecule has 1 atom stereocenters. The van der Waals surface area contributed by atoms with Gasteiger partial charge in [-0.1, -0.05) is 37.3 Å². The Morgan fingerprint density at radius 2 is 1.80 bits per heavy atom. The van der Waals surface area contributed by atoms with Gasteiger partial charge in [0, 0.05) is 6.20 Å². The average molecular weight is 337 g/mol. The predicted molar refractivity (Wildman–Crippen MR) is 95.1 cm³/mol. The van der Waals surface area contributed by atoms with Crippen molar-refractivity contribution in [1.82, 2.24) is 15.1 Å². The van der Waals surface area contributed by atoms with Crippen LogP contribution in [0.25, 0.3) is 5.69 Å². The van der Waals surface area contributed by atoms with Crippen molar-refractivity contribution < 1.29 is 9.18 Å². The number of amides is 1. The van der Waals surface area contributed by atoms with Gasteiger partial charge < -0.3 is 5.32 Å². The summed E-state index contributed by atoms with van der Waals surface area (Å²) in [6.45, 7) is 4.03. The molecule has 0 fully saturated rings. The summed E-state index contributed by atoms with van der Waals surface area (Å²) in [5.74, 6) is -0.551. The zero-order valence-electron chi connectivity index (χ0n) is 14.2. The Labute approximate surface area is 146 Å². The summed E-state index contributed by atoms with van der Waals surface area (Å²) in [4.78, 5) is 12.6. The fraction of sp³-hybridized carbons (Fsp3) is 0.200. The summed E-state index contributed by atoms with van der Waals surface area (Å²) in [5.41, 5.74) is 1.59. The highest BCUT2D eigenvalue weighted by molar-refractivity contribution is 5.92. The lowest BCUT2D eigenvalue weighted by Gasteiger charge is -2.30. The summed E-state index contributed by atoms with van der Waals surface area (Å²) >= 11 is 0. The van der Waals surface area contributed by atoms with E-state index < -0.39 is 5.54 Å². The number of hydrogen-bond donors (Lipinski definition) is 1. The van der Waals surface area contributed by atoms with Gasteiger partial charge in [0.25, 0.3) is 5.91 Å². The Hall–Kier alpha value is -2.95. The van der Waals surface area contributed by atoms with Crippen LogP contribution in [0, 0.1) is 5.82 Å². The van der Waals surface area contributed by atoms with E-state index in [1.165, 1.54) is 12.1 Å². The van der Waals surface area contributed by atoms with E-state index in [0.717, 1.165) is 12.0 Å². The van der Waals surface area contributed by atoms with Crippen LogP contribution in [-0.2, 0) is 5.54 Å². The molecule has 0 radical (unpaired) electrons. The molecule has 4 nitrogen and oxygen atoms in total. The fourth-order valence-electron chi connectivity index (χ4n) is 2.67. The molecule has 1 heterocycles. The quantitative estimate of drug-likeness (QED) is 0.763. The monoisotopic (exact) mass is 337 g/mol. The molecule has 2 aromatic carbocycles. The molecule has 0 bridgehead atoms. The van der Waals surface area contributed by atoms with Crippen molar-refractivity contribution in [3.63, 3.8) is 0 Å². The third-order valence-electron chi connectivity index (χ3n) is 4.42. The van der Waals surface area contributed by atoms with Crippen molar-refractivity contribution in [2.75, 3.05) is 0 Å². The summed E-state index contributed by atoms with van der Waals surface area (Å²) in [6.07, 6.45) is 2.44. The Balaban J connectivity index is 1.80. The third kappa shape index (κ3) is 3.60. The maximum atomic E-state index is 13.0. The van der Waals surface area contributed by atoms with E-state index in [1.54, 1.807) is 29.1 Å². The zero-order valence-corrected chi connectivity index (χ0v) is 14.2. The Morgan fingerprint density at radius 3 is 2.44 bits per heavy atom. The fourth-order valence-corrected chi connectivity index (χ4v) is 2.67. The molecule has 0 aliphatic heterocycles. The minimum absolute atomic E-state index is 0.242. The van der Waals surface area contributed by atoms with Crippen LogP contribution >= 0.6 is 0 Å². The van der Waals surface area contributed by atoms with E-state index in [9.17, 15) is 9.18 Å². The van der Waals surface area contributed by atoms with E-state index in [4.69, 9.17) is 0 Å². The first-order valence-corrected chi connectivity index (χ1v) is 8.21. The van der Waals surface area contributed by atoms with Gasteiger partial charge in [-0.25, -0.2) is 9.07 Å². The molecule has 0 spiro atoms. The van der Waals surface area contributed by atoms with Gasteiger partial charge in [0.2, 0.25) is 0 Å². The maximum absolute atomic E-state index is 13.0. The first kappa shape index (κ1) is 16.9. The molecule has 128 valence electrons. The largest absolute Gasteiger partial charge is 0.341 e. The summed E-state index contributed by atoms with van der Waals surface area (Å²) in [5, 5.41) is 7.38. The maximum Gasteiger partial charge on any atom is 0.272 e. The predicted octanol–water partition coefficient (Wildman–Crippen LogP) is 4.07. The molecule has 1 aromatic heterocycles. The molecule has 0 saturated heterocycles. The van der Waals surface area contributed by atoms with Crippen LogP contribution < -0.4 is 5.32 Å². The first-order valence-electron chi connectivity index (χ1n) is 8.21. The third-order valence-corrected chi connectivity index (χ3v) is 4.42. The highest BCUT2D eigenvalue weighted by atomic mass is 19.1. The van der Waals surface area contributed by atoms with Crippen LogP contribution in [0.3, 0.4) is 0 Å². The first-order chi connectivity index (χ1) is 12.0. The summed E-state index contributed by atoms with van der Waals surface area (Å²) in [7, 11) is 0. The van der Waals surface area contributed by atoms with Crippen LogP contribution in [-0.4, -0.2) is 15.7 Å². The van der Waals surface area contributed by atoms with Gasteiger partial charge in [-0.05, 0) is 49.2 Å². The molecule has 1 amide bonds. The number of nitrogens with one attached hydrogen (secondary N) is 1. The molecule has 25 heavy (non-hydrogen) atoms. The number of carbonyl (C=O) groups excluding carboxylic acids is 1. The molecular weight excluding hydrogens is 317 g/mol. The second-order valence-electron chi connectivity index (χ2n) is 6.13. The van der Waals surface area contributed by atoms with Gasteiger partial charge in [0.05, 0.1) is 11.2 Å². The molecule has 1 N–H and O–H groups in total. The lowest BCUT2D eigenvalue weighted by atomic mass is 9.89. The van der Waals surface area contributed by atoms with Crippen molar-refractivity contribution in [2.45, 2.75) is 25.8 Å². The van der Waals surface area contributed by atoms with Gasteiger partial charge in [-0.2, -0.15) is 5.10 Å². The van der Waals surface area contributed by atoms with E-state index in [-0.39, 0.29) is 11.7 Å². The standard InChI is InChI=1S/C20H20FN3O/c1-3-20(2,15-7-5-4-6-8-15)22-19(25)18-13-14-24(23-18)17-11-9-16(21)10-12-17/h4-14H,3H2,1-2H3,(H,22,25). The summed E-state index contributed by atoms with van der Waals surface area (Å²) < 4.78 is 14.6. The second kappa shape index (κ2) is 6.89. The van der Waals surface area contributed by atoms with Gasteiger partial charge in [-0.3, -0.25) is 4.79 Å². The molecule has 0 aliphatic rings. The van der Waals surface area contributed by atoms with Crippen LogP contribution in [0.4, 0.5) is 4.39 Å². The highest BCUT2D eigenvalue weighted by Crippen LogP contribution is 2.24. The van der Waals surface area contributed by atoms with Gasteiger partial charge in [0.15, 0.2) is 5.69 Å². The minimum atomic E-state index is -0.474. The van der Waals surface area contributed by atoms with E-state index in [0.29, 0.717) is 11.4 Å². The molecule has 1 unspecified atom stereocenters. The normalized spacial score (nSPS) is 13.2. The number of nitrogens with zero attached hydrogens (tertiary/aromatic N) is 2. The molecule has 3 aromatic rings. The molecule has 0 saturated carbocycles. The summed E-state index contributed by atoms with van der Waals surface area (Å²) in [6, 6.07) is 17.5. The van der Waals surface area contributed by atoms with E-state index >= 15 is 0 Å². The Kier molecular flexibility index (Phi) is 4.65. The molecule has 3 rings (SSSR count). The van der Waals surface area contributed by atoms with E-state index in [2.05, 4.69) is 10.4 Å². The topological polar surface area (TPSA) is 46.9 Å². The lowest BCUT2D eigenvalue weighted by Crippen LogP contribution is -2.43. The van der Waals surface area contributed by atoms with Crippen molar-refractivity contribution in [3.05, 3.63) is 83.9 Å². The number of halogens is 1. The van der Waals surface area contributed by atoms with Gasteiger partial charge in [-0.15, -0.1) is 0 Å². The highest BCUT2D eigenvalue weighted by Gasteiger charge is 2.27. The Bertz CT molecular complexity index is 858. The smallest absolute Gasteiger partial charge is 0.272 e. The Morgan fingerprint density at radius 1 is 1.12 bits per heavy atom. The molecular formula is C20H20FN3O. The van der Waals surface area contributed by atoms with Crippen molar-refractivity contribution in [2.24, 2.45) is 0 Å². The minimum Gasteiger partial charge on any atom is -0.341 e. The van der Waals surface area contributed by atoms with Crippen LogP contribution in [0.2, 0.25) is 0 Å². The number of benzene rings is 2.